The summed E-state index contributed by atoms with van der Waals surface area (Å²) >= 11 is 0. The van der Waals surface area contributed by atoms with Gasteiger partial charge >= 0.3 is 0 Å². The summed E-state index contributed by atoms with van der Waals surface area (Å²) < 4.78 is 0. The first-order chi connectivity index (χ1) is 13.5. The van der Waals surface area contributed by atoms with Crippen LogP contribution in [-0.2, 0) is 4.79 Å². The molecule has 3 N–H and O–H groups in total. The van der Waals surface area contributed by atoms with Gasteiger partial charge < -0.3 is 20.9 Å². The van der Waals surface area contributed by atoms with Crippen molar-refractivity contribution in [2.75, 3.05) is 38.5 Å². The van der Waals surface area contributed by atoms with Crippen molar-refractivity contribution in [3.05, 3.63) is 29.8 Å². The molecule has 3 fully saturated rings. The Bertz CT molecular complexity index is 698. The Hall–Kier alpha value is -1.92. The van der Waals surface area contributed by atoms with E-state index < -0.39 is 0 Å². The average Bonchev–Trinajstić information content (AvgIpc) is 2.68. The average molecular weight is 385 g/mol. The number of likely N-dealkylation sites (N-methyl/N-ethyl adjacent to an activating group) is 1. The molecule has 4 rings (SSSR count). The highest BCUT2D eigenvalue weighted by atomic mass is 16.2. The molecule has 152 valence electrons. The highest BCUT2D eigenvalue weighted by Crippen LogP contribution is 2.42. The molecule has 6 nitrogen and oxygen atoms in total. The molecule has 1 aliphatic heterocycles. The van der Waals surface area contributed by atoms with Crippen LogP contribution in [0.3, 0.4) is 0 Å². The van der Waals surface area contributed by atoms with Gasteiger partial charge in [0.1, 0.15) is 0 Å². The van der Waals surface area contributed by atoms with Crippen LogP contribution in [-0.4, -0.2) is 60.9 Å². The summed E-state index contributed by atoms with van der Waals surface area (Å²) in [6.07, 6.45) is 5.38. The zero-order valence-corrected chi connectivity index (χ0v) is 16.8. The third-order valence-electron chi connectivity index (χ3n) is 6.97. The number of carbonyl (C=O) groups excluding carboxylic acids is 2. The van der Waals surface area contributed by atoms with Crippen LogP contribution < -0.4 is 11.1 Å². The summed E-state index contributed by atoms with van der Waals surface area (Å²) in [6, 6.07) is 7.61. The van der Waals surface area contributed by atoms with E-state index in [1.54, 1.807) is 0 Å². The van der Waals surface area contributed by atoms with Crippen molar-refractivity contribution in [3.63, 3.8) is 0 Å². The Morgan fingerprint density at radius 1 is 1.00 bits per heavy atom. The lowest BCUT2D eigenvalue weighted by Crippen LogP contribution is -2.48. The number of nitrogens with one attached hydrogen (secondary N) is 1. The standard InChI is InChI=1S/C22H32N4O2/c1-25-9-11-26(12-10-25)22(28)15-5-7-19(8-6-15)24-21(27)18-13-16-3-2-4-17(14-18)20(16)23/h5-8,16-18,20H,2-4,9-14,23H2,1H3,(H,24,27). The zero-order chi connectivity index (χ0) is 19.7. The lowest BCUT2D eigenvalue weighted by Gasteiger charge is -2.43. The Kier molecular flexibility index (Phi) is 5.69. The van der Waals surface area contributed by atoms with Crippen LogP contribution in [0.2, 0.25) is 0 Å². The molecule has 3 aliphatic rings. The quantitative estimate of drug-likeness (QED) is 0.837. The molecule has 2 bridgehead atoms. The van der Waals surface area contributed by atoms with E-state index in [2.05, 4.69) is 17.3 Å². The van der Waals surface area contributed by atoms with E-state index in [1.807, 2.05) is 29.2 Å². The molecular formula is C22H32N4O2. The minimum atomic E-state index is 0.0572. The second-order valence-electron chi connectivity index (χ2n) is 8.86. The topological polar surface area (TPSA) is 78.7 Å². The summed E-state index contributed by atoms with van der Waals surface area (Å²) in [5.74, 6) is 1.21. The van der Waals surface area contributed by atoms with Crippen molar-refractivity contribution < 1.29 is 9.59 Å². The number of benzene rings is 1. The van der Waals surface area contributed by atoms with Gasteiger partial charge in [-0.15, -0.1) is 0 Å². The summed E-state index contributed by atoms with van der Waals surface area (Å²) in [4.78, 5) is 29.5. The van der Waals surface area contributed by atoms with E-state index in [-0.39, 0.29) is 23.8 Å². The van der Waals surface area contributed by atoms with Gasteiger partial charge in [0.2, 0.25) is 5.91 Å². The van der Waals surface area contributed by atoms with E-state index in [0.717, 1.165) is 57.5 Å². The molecule has 0 aromatic heterocycles. The third-order valence-corrected chi connectivity index (χ3v) is 6.97. The van der Waals surface area contributed by atoms with Crippen LogP contribution in [0.1, 0.15) is 42.5 Å². The smallest absolute Gasteiger partial charge is 0.253 e. The number of nitrogens with two attached hydrogens (primary N) is 1. The molecule has 0 radical (unpaired) electrons. The van der Waals surface area contributed by atoms with E-state index in [1.165, 1.54) is 6.42 Å². The fraction of sp³-hybridized carbons (Fsp3) is 0.636. The molecular weight excluding hydrogens is 352 g/mol. The van der Waals surface area contributed by atoms with Gasteiger partial charge in [-0.2, -0.15) is 0 Å². The second kappa shape index (κ2) is 8.21. The predicted molar refractivity (Wildman–Crippen MR) is 110 cm³/mol. The van der Waals surface area contributed by atoms with Crippen molar-refractivity contribution >= 4 is 17.5 Å². The molecule has 1 saturated heterocycles. The van der Waals surface area contributed by atoms with Crippen molar-refractivity contribution in [1.82, 2.24) is 9.80 Å². The maximum absolute atomic E-state index is 12.8. The highest BCUT2D eigenvalue weighted by molar-refractivity contribution is 5.96. The molecule has 2 saturated carbocycles. The Morgan fingerprint density at radius 2 is 1.61 bits per heavy atom. The van der Waals surface area contributed by atoms with E-state index >= 15 is 0 Å². The number of rotatable bonds is 3. The normalized spacial score (nSPS) is 30.7. The van der Waals surface area contributed by atoms with Crippen LogP contribution in [0.4, 0.5) is 5.69 Å². The largest absolute Gasteiger partial charge is 0.336 e. The second-order valence-corrected chi connectivity index (χ2v) is 8.86. The Labute approximate surface area is 167 Å². The summed E-state index contributed by atoms with van der Waals surface area (Å²) in [5.41, 5.74) is 7.79. The molecule has 1 heterocycles. The van der Waals surface area contributed by atoms with Gasteiger partial charge in [0.15, 0.2) is 0 Å². The summed E-state index contributed by atoms with van der Waals surface area (Å²) in [5, 5.41) is 3.06. The van der Waals surface area contributed by atoms with Crippen molar-refractivity contribution in [1.29, 1.82) is 0 Å². The van der Waals surface area contributed by atoms with Gasteiger partial charge in [-0.1, -0.05) is 6.42 Å². The number of carbonyl (C=O) groups is 2. The fourth-order valence-electron chi connectivity index (χ4n) is 5.14. The predicted octanol–water partition coefficient (Wildman–Crippen LogP) is 2.17. The van der Waals surface area contributed by atoms with Crippen molar-refractivity contribution in [3.8, 4) is 0 Å². The molecule has 2 amide bonds. The first-order valence-electron chi connectivity index (χ1n) is 10.7. The zero-order valence-electron chi connectivity index (χ0n) is 16.8. The van der Waals surface area contributed by atoms with Gasteiger partial charge in [-0.25, -0.2) is 0 Å². The lowest BCUT2D eigenvalue weighted by atomic mass is 9.65. The molecule has 6 heteroatoms. The van der Waals surface area contributed by atoms with E-state index in [9.17, 15) is 9.59 Å². The van der Waals surface area contributed by atoms with Crippen LogP contribution in [0.5, 0.6) is 0 Å². The van der Waals surface area contributed by atoms with Gasteiger partial charge in [0.05, 0.1) is 0 Å². The fourth-order valence-corrected chi connectivity index (χ4v) is 5.14. The molecule has 1 aromatic carbocycles. The number of hydrogen-bond acceptors (Lipinski definition) is 4. The van der Waals surface area contributed by atoms with Crippen LogP contribution in [0, 0.1) is 17.8 Å². The first-order valence-corrected chi connectivity index (χ1v) is 10.7. The molecule has 2 atom stereocenters. The molecule has 2 unspecified atom stereocenters. The molecule has 2 aliphatic carbocycles. The number of hydrogen-bond donors (Lipinski definition) is 2. The number of anilines is 1. The Morgan fingerprint density at radius 3 is 2.21 bits per heavy atom. The summed E-state index contributed by atoms with van der Waals surface area (Å²) in [6.45, 7) is 3.35. The van der Waals surface area contributed by atoms with Gasteiger partial charge in [-0.05, 0) is 68.8 Å². The van der Waals surface area contributed by atoms with Crippen molar-refractivity contribution in [2.45, 2.75) is 38.1 Å². The van der Waals surface area contributed by atoms with E-state index in [0.29, 0.717) is 17.4 Å². The minimum Gasteiger partial charge on any atom is -0.336 e. The van der Waals surface area contributed by atoms with E-state index in [4.69, 9.17) is 5.73 Å². The van der Waals surface area contributed by atoms with Crippen molar-refractivity contribution in [2.24, 2.45) is 23.5 Å². The SMILES string of the molecule is CN1CCN(C(=O)c2ccc(NC(=O)C3CC4CCCC(C3)C4N)cc2)CC1. The number of nitrogens with zero attached hydrogens (tertiary/aromatic N) is 2. The highest BCUT2D eigenvalue weighted by Gasteiger charge is 2.40. The van der Waals surface area contributed by atoms with Gasteiger partial charge in [0.25, 0.3) is 5.91 Å². The molecule has 1 aromatic rings. The number of piperazine rings is 1. The minimum absolute atomic E-state index is 0.0572. The van der Waals surface area contributed by atoms with Crippen LogP contribution >= 0.6 is 0 Å². The first kappa shape index (κ1) is 19.4. The summed E-state index contributed by atoms with van der Waals surface area (Å²) in [7, 11) is 2.08. The number of amides is 2. The monoisotopic (exact) mass is 384 g/mol. The Balaban J connectivity index is 1.34. The van der Waals surface area contributed by atoms with Crippen LogP contribution in [0.25, 0.3) is 0 Å². The number of fused-ring (bicyclic) bond motifs is 2. The maximum atomic E-state index is 12.8. The third kappa shape index (κ3) is 4.08. The van der Waals surface area contributed by atoms with Gasteiger partial charge in [-0.3, -0.25) is 9.59 Å². The molecule has 28 heavy (non-hydrogen) atoms. The van der Waals surface area contributed by atoms with Gasteiger partial charge in [0, 0.05) is 49.4 Å². The molecule has 0 spiro atoms. The van der Waals surface area contributed by atoms with Crippen LogP contribution in [0.15, 0.2) is 24.3 Å². The maximum Gasteiger partial charge on any atom is 0.253 e. The lowest BCUT2D eigenvalue weighted by molar-refractivity contribution is -0.122.